The second kappa shape index (κ2) is 8.78. The van der Waals surface area contributed by atoms with Crippen molar-refractivity contribution in [1.29, 1.82) is 0 Å². The lowest BCUT2D eigenvalue weighted by Crippen LogP contribution is -2.17. The highest BCUT2D eigenvalue weighted by Crippen LogP contribution is 2.18. The van der Waals surface area contributed by atoms with Gasteiger partial charge in [-0.1, -0.05) is 35.9 Å². The van der Waals surface area contributed by atoms with Gasteiger partial charge in [-0.3, -0.25) is 9.78 Å². The van der Waals surface area contributed by atoms with Gasteiger partial charge < -0.3 is 4.74 Å². The summed E-state index contributed by atoms with van der Waals surface area (Å²) >= 11 is 5.99. The van der Waals surface area contributed by atoms with Crippen LogP contribution in [0.5, 0.6) is 5.75 Å². The maximum Gasteiger partial charge on any atom is 0.272 e. The second-order valence-electron chi connectivity index (χ2n) is 5.40. The predicted molar refractivity (Wildman–Crippen MR) is 102 cm³/mol. The van der Waals surface area contributed by atoms with Crippen LogP contribution in [0.3, 0.4) is 0 Å². The van der Waals surface area contributed by atoms with Gasteiger partial charge in [0.1, 0.15) is 12.4 Å². The number of ether oxygens (including phenoxy) is 1. The van der Waals surface area contributed by atoms with Crippen molar-refractivity contribution in [3.8, 4) is 5.75 Å². The van der Waals surface area contributed by atoms with Gasteiger partial charge in [-0.05, 0) is 42.0 Å². The quantitative estimate of drug-likeness (QED) is 0.529. The number of rotatable bonds is 6. The third-order valence-electron chi connectivity index (χ3n) is 3.50. The molecule has 1 aromatic heterocycles. The van der Waals surface area contributed by atoms with E-state index in [1.807, 2.05) is 48.5 Å². The molecule has 0 fully saturated rings. The Morgan fingerprint density at radius 3 is 2.85 bits per heavy atom. The van der Waals surface area contributed by atoms with Gasteiger partial charge in [-0.15, -0.1) is 0 Å². The van der Waals surface area contributed by atoms with Crippen LogP contribution in [0.25, 0.3) is 0 Å². The first-order chi connectivity index (χ1) is 12.7. The second-order valence-corrected chi connectivity index (χ2v) is 5.83. The topological polar surface area (TPSA) is 63.6 Å². The van der Waals surface area contributed by atoms with Gasteiger partial charge in [0.2, 0.25) is 0 Å². The molecule has 0 atom stereocenters. The number of nitrogens with zero attached hydrogens (tertiary/aromatic N) is 2. The molecule has 1 amide bonds. The summed E-state index contributed by atoms with van der Waals surface area (Å²) in [5, 5.41) is 4.66. The molecule has 0 aliphatic carbocycles. The Kier molecular flexibility index (Phi) is 5.96. The van der Waals surface area contributed by atoms with Crippen LogP contribution in [0.15, 0.2) is 78.2 Å². The van der Waals surface area contributed by atoms with E-state index in [-0.39, 0.29) is 5.91 Å². The Bertz CT molecular complexity index is 914. The normalized spacial score (nSPS) is 10.7. The Labute approximate surface area is 156 Å². The number of benzene rings is 2. The first kappa shape index (κ1) is 17.6. The molecule has 0 radical (unpaired) electrons. The summed E-state index contributed by atoms with van der Waals surface area (Å²) < 4.78 is 5.85. The Morgan fingerprint density at radius 1 is 1.15 bits per heavy atom. The van der Waals surface area contributed by atoms with Crippen molar-refractivity contribution in [3.05, 3.63) is 94.8 Å². The molecular weight excluding hydrogens is 350 g/mol. The van der Waals surface area contributed by atoms with Gasteiger partial charge in [0.25, 0.3) is 5.91 Å². The molecule has 26 heavy (non-hydrogen) atoms. The molecule has 0 unspecified atom stereocenters. The average Bonchev–Trinajstić information content (AvgIpc) is 2.68. The van der Waals surface area contributed by atoms with Crippen molar-refractivity contribution in [2.75, 3.05) is 0 Å². The van der Waals surface area contributed by atoms with E-state index in [1.165, 1.54) is 6.20 Å². The molecule has 0 saturated heterocycles. The number of amides is 1. The van der Waals surface area contributed by atoms with Crippen molar-refractivity contribution in [2.45, 2.75) is 6.61 Å². The number of halogens is 1. The summed E-state index contributed by atoms with van der Waals surface area (Å²) in [4.78, 5) is 15.9. The number of hydrogen-bond acceptors (Lipinski definition) is 4. The molecule has 130 valence electrons. The van der Waals surface area contributed by atoms with Crippen molar-refractivity contribution >= 4 is 23.7 Å². The standard InChI is InChI=1S/C20H16ClN3O2/c21-18-8-3-5-15(11-18)14-26-19-9-2-1-6-16(19)13-23-24-20(25)17-7-4-10-22-12-17/h1-13H,14H2,(H,24,25)/b23-13-. The lowest BCUT2D eigenvalue weighted by atomic mass is 10.2. The number of carbonyl (C=O) groups is 1. The summed E-state index contributed by atoms with van der Waals surface area (Å²) in [5.41, 5.74) is 4.63. The number of para-hydroxylation sites is 1. The molecule has 3 aromatic rings. The molecule has 5 nitrogen and oxygen atoms in total. The third kappa shape index (κ3) is 4.91. The van der Waals surface area contributed by atoms with Crippen molar-refractivity contribution in [1.82, 2.24) is 10.4 Å². The fraction of sp³-hybridized carbons (Fsp3) is 0.0500. The SMILES string of the molecule is O=C(N/N=C\c1ccccc1OCc1cccc(Cl)c1)c1cccnc1. The minimum Gasteiger partial charge on any atom is -0.488 e. The van der Waals surface area contributed by atoms with Gasteiger partial charge in [0.15, 0.2) is 0 Å². The molecule has 0 aliphatic rings. The maximum atomic E-state index is 12.0. The number of pyridine rings is 1. The van der Waals surface area contributed by atoms with Gasteiger partial charge in [-0.25, -0.2) is 5.43 Å². The number of aromatic nitrogens is 1. The average molecular weight is 366 g/mol. The van der Waals surface area contributed by atoms with Crippen molar-refractivity contribution in [3.63, 3.8) is 0 Å². The molecule has 0 saturated carbocycles. The summed E-state index contributed by atoms with van der Waals surface area (Å²) in [7, 11) is 0. The highest BCUT2D eigenvalue weighted by molar-refractivity contribution is 6.30. The Morgan fingerprint density at radius 2 is 2.04 bits per heavy atom. The van der Waals surface area contributed by atoms with Crippen LogP contribution >= 0.6 is 11.6 Å². The minimum atomic E-state index is -0.327. The van der Waals surface area contributed by atoms with Crippen LogP contribution in [0.4, 0.5) is 0 Å². The molecule has 6 heteroatoms. The predicted octanol–water partition coefficient (Wildman–Crippen LogP) is 4.08. The third-order valence-corrected chi connectivity index (χ3v) is 3.73. The monoisotopic (exact) mass is 365 g/mol. The molecule has 0 bridgehead atoms. The van der Waals surface area contributed by atoms with E-state index in [0.717, 1.165) is 11.1 Å². The zero-order chi connectivity index (χ0) is 18.2. The van der Waals surface area contributed by atoms with Gasteiger partial charge >= 0.3 is 0 Å². The molecule has 1 heterocycles. The van der Waals surface area contributed by atoms with Crippen LogP contribution in [0.2, 0.25) is 5.02 Å². The minimum absolute atomic E-state index is 0.327. The Hall–Kier alpha value is -3.18. The van der Waals surface area contributed by atoms with Crippen LogP contribution in [-0.4, -0.2) is 17.1 Å². The molecule has 1 N–H and O–H groups in total. The summed E-state index contributed by atoms with van der Waals surface area (Å²) in [5.74, 6) is 0.332. The van der Waals surface area contributed by atoms with Crippen LogP contribution in [0.1, 0.15) is 21.5 Å². The summed E-state index contributed by atoms with van der Waals surface area (Å²) in [6.07, 6.45) is 4.63. The molecule has 2 aromatic carbocycles. The lowest BCUT2D eigenvalue weighted by Gasteiger charge is -2.09. The first-order valence-electron chi connectivity index (χ1n) is 7.92. The smallest absolute Gasteiger partial charge is 0.272 e. The maximum absolute atomic E-state index is 12.0. The van der Waals surface area contributed by atoms with E-state index in [2.05, 4.69) is 15.5 Å². The highest BCUT2D eigenvalue weighted by atomic mass is 35.5. The number of carbonyl (C=O) groups excluding carboxylic acids is 1. The number of hydrogen-bond donors (Lipinski definition) is 1. The zero-order valence-corrected chi connectivity index (χ0v) is 14.6. The fourth-order valence-electron chi connectivity index (χ4n) is 2.23. The molecule has 0 aliphatic heterocycles. The largest absolute Gasteiger partial charge is 0.488 e. The van der Waals surface area contributed by atoms with E-state index in [1.54, 1.807) is 24.5 Å². The lowest BCUT2D eigenvalue weighted by molar-refractivity contribution is 0.0954. The summed E-state index contributed by atoms with van der Waals surface area (Å²) in [6, 6.07) is 18.3. The Balaban J connectivity index is 1.64. The molecule has 0 spiro atoms. The fourth-order valence-corrected chi connectivity index (χ4v) is 2.44. The van der Waals surface area contributed by atoms with Crippen LogP contribution in [0, 0.1) is 0 Å². The van der Waals surface area contributed by atoms with E-state index < -0.39 is 0 Å². The van der Waals surface area contributed by atoms with E-state index >= 15 is 0 Å². The van der Waals surface area contributed by atoms with Gasteiger partial charge in [0.05, 0.1) is 11.8 Å². The first-order valence-corrected chi connectivity index (χ1v) is 8.30. The molecule has 3 rings (SSSR count). The zero-order valence-electron chi connectivity index (χ0n) is 13.8. The molecular formula is C20H16ClN3O2. The van der Waals surface area contributed by atoms with Crippen LogP contribution < -0.4 is 10.2 Å². The van der Waals surface area contributed by atoms with E-state index in [9.17, 15) is 4.79 Å². The number of hydrazone groups is 1. The highest BCUT2D eigenvalue weighted by Gasteiger charge is 2.04. The summed E-state index contributed by atoms with van der Waals surface area (Å²) in [6.45, 7) is 0.382. The van der Waals surface area contributed by atoms with Gasteiger partial charge in [0, 0.05) is 23.0 Å². The van der Waals surface area contributed by atoms with Gasteiger partial charge in [-0.2, -0.15) is 5.10 Å². The van der Waals surface area contributed by atoms with Crippen molar-refractivity contribution in [2.24, 2.45) is 5.10 Å². The van der Waals surface area contributed by atoms with E-state index in [4.69, 9.17) is 16.3 Å². The van der Waals surface area contributed by atoms with Crippen molar-refractivity contribution < 1.29 is 9.53 Å². The number of nitrogens with one attached hydrogen (secondary N) is 1. The van der Waals surface area contributed by atoms with E-state index in [0.29, 0.717) is 22.9 Å². The van der Waals surface area contributed by atoms with Crippen LogP contribution in [-0.2, 0) is 6.61 Å².